The third-order valence-electron chi connectivity index (χ3n) is 4.19. The van der Waals surface area contributed by atoms with Gasteiger partial charge in [-0.15, -0.1) is 11.3 Å². The highest BCUT2D eigenvalue weighted by molar-refractivity contribution is 7.13. The maximum absolute atomic E-state index is 12.7. The molecule has 3 heterocycles. The number of aromatic nitrogens is 2. The first-order chi connectivity index (χ1) is 12.3. The van der Waals surface area contributed by atoms with Crippen molar-refractivity contribution < 1.29 is 4.42 Å². The summed E-state index contributed by atoms with van der Waals surface area (Å²) in [6.45, 7) is 0. The van der Waals surface area contributed by atoms with E-state index in [1.54, 1.807) is 11.3 Å². The molecular formula is C20H12N2O2S. The Labute approximate surface area is 146 Å². The summed E-state index contributed by atoms with van der Waals surface area (Å²) in [5, 5.41) is 8.15. The van der Waals surface area contributed by atoms with Crippen LogP contribution in [0.3, 0.4) is 0 Å². The fraction of sp³-hybridized carbons (Fsp3) is 0. The molecule has 0 aliphatic carbocycles. The average molecular weight is 344 g/mol. The number of para-hydroxylation sites is 2. The van der Waals surface area contributed by atoms with E-state index in [0.717, 1.165) is 21.5 Å². The number of benzene rings is 2. The third-order valence-corrected chi connectivity index (χ3v) is 5.07. The van der Waals surface area contributed by atoms with Crippen LogP contribution in [0.2, 0.25) is 0 Å². The van der Waals surface area contributed by atoms with E-state index in [-0.39, 0.29) is 5.63 Å². The minimum absolute atomic E-state index is 0.362. The molecule has 0 saturated carbocycles. The summed E-state index contributed by atoms with van der Waals surface area (Å²) in [5.74, 6) is 0. The van der Waals surface area contributed by atoms with Gasteiger partial charge in [0.1, 0.15) is 16.7 Å². The van der Waals surface area contributed by atoms with Crippen molar-refractivity contribution >= 4 is 33.2 Å². The highest BCUT2D eigenvalue weighted by Crippen LogP contribution is 2.34. The Morgan fingerprint density at radius 1 is 0.920 bits per heavy atom. The van der Waals surface area contributed by atoms with Crippen LogP contribution < -0.4 is 5.63 Å². The second-order valence-corrected chi connectivity index (χ2v) is 6.63. The van der Waals surface area contributed by atoms with E-state index in [2.05, 4.69) is 0 Å². The Kier molecular flexibility index (Phi) is 3.08. The van der Waals surface area contributed by atoms with E-state index in [1.165, 1.54) is 0 Å². The van der Waals surface area contributed by atoms with Crippen molar-refractivity contribution in [3.05, 3.63) is 82.5 Å². The third kappa shape index (κ3) is 2.13. The van der Waals surface area contributed by atoms with Gasteiger partial charge in [-0.2, -0.15) is 5.10 Å². The van der Waals surface area contributed by atoms with Gasteiger partial charge in [0.2, 0.25) is 0 Å². The van der Waals surface area contributed by atoms with E-state index in [9.17, 15) is 4.79 Å². The van der Waals surface area contributed by atoms with Gasteiger partial charge in [-0.25, -0.2) is 9.48 Å². The lowest BCUT2D eigenvalue weighted by atomic mass is 10.1. The van der Waals surface area contributed by atoms with Crippen LogP contribution in [0, 0.1) is 0 Å². The van der Waals surface area contributed by atoms with Crippen molar-refractivity contribution in [3.63, 3.8) is 0 Å². The highest BCUT2D eigenvalue weighted by Gasteiger charge is 2.21. The summed E-state index contributed by atoms with van der Waals surface area (Å²) < 4.78 is 7.40. The molecule has 5 heteroatoms. The molecule has 0 bridgehead atoms. The summed E-state index contributed by atoms with van der Waals surface area (Å²) in [5.41, 5.74) is 2.55. The molecule has 2 aromatic carbocycles. The number of rotatable bonds is 2. The summed E-state index contributed by atoms with van der Waals surface area (Å²) in [6.07, 6.45) is 0. The van der Waals surface area contributed by atoms with Gasteiger partial charge in [0.25, 0.3) is 0 Å². The molecule has 0 aliphatic heterocycles. The van der Waals surface area contributed by atoms with Crippen LogP contribution in [0.25, 0.3) is 38.1 Å². The second kappa shape index (κ2) is 5.43. The predicted octanol–water partition coefficient (Wildman–Crippen LogP) is 4.86. The fourth-order valence-corrected chi connectivity index (χ4v) is 3.82. The standard InChI is InChI=1S/C20H12N2O2S/c23-20-17-18(16-11-6-12-25-16)21-22(13-7-2-1-3-8-13)19(17)14-9-4-5-10-15(14)24-20/h1-12H. The van der Waals surface area contributed by atoms with E-state index < -0.39 is 0 Å². The molecule has 5 rings (SSSR count). The van der Waals surface area contributed by atoms with Crippen molar-refractivity contribution in [1.82, 2.24) is 9.78 Å². The quantitative estimate of drug-likeness (QED) is 0.430. The smallest absolute Gasteiger partial charge is 0.348 e. The minimum Gasteiger partial charge on any atom is -0.422 e. The van der Waals surface area contributed by atoms with E-state index in [1.807, 2.05) is 76.8 Å². The minimum atomic E-state index is -0.362. The largest absolute Gasteiger partial charge is 0.422 e. The van der Waals surface area contributed by atoms with Crippen molar-refractivity contribution in [2.24, 2.45) is 0 Å². The van der Waals surface area contributed by atoms with E-state index in [4.69, 9.17) is 9.52 Å². The van der Waals surface area contributed by atoms with Crippen molar-refractivity contribution in [3.8, 4) is 16.3 Å². The number of nitrogens with zero attached hydrogens (tertiary/aromatic N) is 2. The summed E-state index contributed by atoms with van der Waals surface area (Å²) in [7, 11) is 0. The maximum atomic E-state index is 12.7. The van der Waals surface area contributed by atoms with Crippen LogP contribution in [-0.4, -0.2) is 9.78 Å². The molecule has 4 nitrogen and oxygen atoms in total. The Hall–Kier alpha value is -3.18. The first-order valence-corrected chi connectivity index (χ1v) is 8.75. The lowest BCUT2D eigenvalue weighted by molar-refractivity contribution is 0.570. The maximum Gasteiger partial charge on any atom is 0.348 e. The summed E-state index contributed by atoms with van der Waals surface area (Å²) >= 11 is 1.56. The lowest BCUT2D eigenvalue weighted by Crippen LogP contribution is -2.01. The molecule has 0 aliphatic rings. The topological polar surface area (TPSA) is 48.0 Å². The van der Waals surface area contributed by atoms with Gasteiger partial charge < -0.3 is 4.42 Å². The van der Waals surface area contributed by atoms with Gasteiger partial charge in [0.05, 0.1) is 16.1 Å². The molecule has 0 unspecified atom stereocenters. The average Bonchev–Trinajstić information content (AvgIpc) is 3.30. The molecule has 25 heavy (non-hydrogen) atoms. The Balaban J connectivity index is 2.02. The lowest BCUT2D eigenvalue weighted by Gasteiger charge is -2.05. The zero-order valence-corrected chi connectivity index (χ0v) is 13.9. The van der Waals surface area contributed by atoms with Gasteiger partial charge >= 0.3 is 5.63 Å². The normalized spacial score (nSPS) is 11.4. The molecule has 0 amide bonds. The van der Waals surface area contributed by atoms with Gasteiger partial charge in [-0.1, -0.05) is 36.4 Å². The summed E-state index contributed by atoms with van der Waals surface area (Å²) in [6, 6.07) is 21.3. The van der Waals surface area contributed by atoms with E-state index >= 15 is 0 Å². The Morgan fingerprint density at radius 3 is 2.52 bits per heavy atom. The van der Waals surface area contributed by atoms with Crippen molar-refractivity contribution in [1.29, 1.82) is 0 Å². The SMILES string of the molecule is O=c1oc2ccccc2c2c1c(-c1cccs1)nn2-c1ccccc1. The van der Waals surface area contributed by atoms with Crippen LogP contribution in [-0.2, 0) is 0 Å². The van der Waals surface area contributed by atoms with Crippen LogP contribution in [0.4, 0.5) is 0 Å². The number of thiophene rings is 1. The van der Waals surface area contributed by atoms with Gasteiger partial charge in [-0.05, 0) is 35.7 Å². The Bertz CT molecular complexity index is 1250. The molecule has 0 N–H and O–H groups in total. The van der Waals surface area contributed by atoms with Gasteiger partial charge in [0, 0.05) is 5.39 Å². The van der Waals surface area contributed by atoms with Crippen molar-refractivity contribution in [2.45, 2.75) is 0 Å². The molecule has 120 valence electrons. The first kappa shape index (κ1) is 14.2. The number of hydrogen-bond acceptors (Lipinski definition) is 4. The van der Waals surface area contributed by atoms with Crippen LogP contribution in [0.1, 0.15) is 0 Å². The number of fused-ring (bicyclic) bond motifs is 3. The molecule has 0 atom stereocenters. The molecule has 0 fully saturated rings. The monoisotopic (exact) mass is 344 g/mol. The molecule has 0 spiro atoms. The zero-order chi connectivity index (χ0) is 16.8. The molecular weight excluding hydrogens is 332 g/mol. The van der Waals surface area contributed by atoms with Crippen molar-refractivity contribution in [2.75, 3.05) is 0 Å². The van der Waals surface area contributed by atoms with Gasteiger partial charge in [-0.3, -0.25) is 0 Å². The Morgan fingerprint density at radius 2 is 1.72 bits per heavy atom. The first-order valence-electron chi connectivity index (χ1n) is 7.87. The van der Waals surface area contributed by atoms with Crippen LogP contribution >= 0.6 is 11.3 Å². The van der Waals surface area contributed by atoms with E-state index in [0.29, 0.717) is 16.7 Å². The summed E-state index contributed by atoms with van der Waals surface area (Å²) in [4.78, 5) is 13.7. The second-order valence-electron chi connectivity index (χ2n) is 5.68. The predicted molar refractivity (Wildman–Crippen MR) is 100 cm³/mol. The fourth-order valence-electron chi connectivity index (χ4n) is 3.10. The van der Waals surface area contributed by atoms with Crippen LogP contribution in [0.15, 0.2) is 81.3 Å². The molecule has 3 aromatic heterocycles. The number of hydrogen-bond donors (Lipinski definition) is 0. The molecule has 0 radical (unpaired) electrons. The zero-order valence-electron chi connectivity index (χ0n) is 13.0. The highest BCUT2D eigenvalue weighted by atomic mass is 32.1. The van der Waals surface area contributed by atoms with Gasteiger partial charge in [0.15, 0.2) is 0 Å². The van der Waals surface area contributed by atoms with Crippen LogP contribution in [0.5, 0.6) is 0 Å². The molecule has 0 saturated heterocycles. The molecule has 5 aromatic rings.